The highest BCUT2D eigenvalue weighted by atomic mass is 16.2. The molecule has 2 amide bonds. The summed E-state index contributed by atoms with van der Waals surface area (Å²) < 4.78 is 0. The van der Waals surface area contributed by atoms with E-state index in [1.807, 2.05) is 25.1 Å². The molecule has 1 aromatic heterocycles. The second kappa shape index (κ2) is 9.03. The predicted octanol–water partition coefficient (Wildman–Crippen LogP) is 2.10. The van der Waals surface area contributed by atoms with Crippen molar-refractivity contribution in [2.45, 2.75) is 45.1 Å². The van der Waals surface area contributed by atoms with Crippen molar-refractivity contribution in [3.05, 3.63) is 62.6 Å². The number of hydrogen-bond donors (Lipinski definition) is 4. The van der Waals surface area contributed by atoms with Gasteiger partial charge < -0.3 is 15.2 Å². The molecule has 0 fully saturated rings. The number of carbonyl (C=O) groups is 1. The molecule has 0 radical (unpaired) electrons. The van der Waals surface area contributed by atoms with Gasteiger partial charge in [-0.3, -0.25) is 10.2 Å². The number of amides is 2. The minimum Gasteiger partial charge on any atom is -0.329 e. The number of pyridine rings is 1. The molecule has 2 aromatic rings. The van der Waals surface area contributed by atoms with Crippen molar-refractivity contribution in [3.63, 3.8) is 0 Å². The first-order valence-electron chi connectivity index (χ1n) is 9.74. The third kappa shape index (κ3) is 4.79. The van der Waals surface area contributed by atoms with Crippen molar-refractivity contribution in [1.29, 1.82) is 0 Å². The lowest BCUT2D eigenvalue weighted by Gasteiger charge is -2.15. The molecule has 0 aliphatic heterocycles. The van der Waals surface area contributed by atoms with Crippen LogP contribution in [0, 0.1) is 0 Å². The molecule has 0 unspecified atom stereocenters. The summed E-state index contributed by atoms with van der Waals surface area (Å²) in [5, 5.41) is 2.92. The number of hydrogen-bond acceptors (Lipinski definition) is 4. The quantitative estimate of drug-likeness (QED) is 0.370. The van der Waals surface area contributed by atoms with E-state index in [9.17, 15) is 9.59 Å². The van der Waals surface area contributed by atoms with Crippen molar-refractivity contribution in [1.82, 2.24) is 15.3 Å². The van der Waals surface area contributed by atoms with Crippen LogP contribution in [0.4, 0.5) is 10.5 Å². The van der Waals surface area contributed by atoms with Gasteiger partial charge in [0, 0.05) is 24.5 Å². The van der Waals surface area contributed by atoms with Gasteiger partial charge in [0.25, 0.3) is 0 Å². The number of carbonyl (C=O) groups excluding carboxylic acids is 1. The molecular weight excluding hydrogens is 354 g/mol. The Labute approximate surface area is 165 Å². The fraction of sp³-hybridized carbons (Fsp3) is 0.429. The summed E-state index contributed by atoms with van der Waals surface area (Å²) >= 11 is 0. The summed E-state index contributed by atoms with van der Waals surface area (Å²) in [5.41, 5.74) is 9.74. The molecule has 28 heavy (non-hydrogen) atoms. The molecule has 150 valence electrons. The molecule has 0 saturated carbocycles. The Balaban J connectivity index is 0.000000178. The zero-order valence-corrected chi connectivity index (χ0v) is 16.6. The van der Waals surface area contributed by atoms with Crippen molar-refractivity contribution >= 4 is 11.7 Å². The third-order valence-corrected chi connectivity index (χ3v) is 5.19. The van der Waals surface area contributed by atoms with Crippen molar-refractivity contribution in [3.8, 4) is 0 Å². The zero-order chi connectivity index (χ0) is 20.1. The Bertz CT molecular complexity index is 852. The first kappa shape index (κ1) is 20.1. The highest BCUT2D eigenvalue weighted by molar-refractivity contribution is 5.91. The minimum atomic E-state index is -0.320. The fourth-order valence-corrected chi connectivity index (χ4v) is 4.02. The second-order valence-electron chi connectivity index (χ2n) is 7.63. The number of benzene rings is 1. The van der Waals surface area contributed by atoms with E-state index in [1.54, 1.807) is 12.3 Å². The number of aromatic amines is 1. The highest BCUT2D eigenvalue weighted by Gasteiger charge is 2.24. The number of fused-ring (bicyclic) bond motifs is 2. The maximum atomic E-state index is 11.4. The van der Waals surface area contributed by atoms with Crippen LogP contribution in [0.15, 0.2) is 29.2 Å². The highest BCUT2D eigenvalue weighted by Crippen LogP contribution is 2.38. The summed E-state index contributed by atoms with van der Waals surface area (Å²) in [6.45, 7) is 0.858. The van der Waals surface area contributed by atoms with Crippen molar-refractivity contribution in [2.75, 3.05) is 19.4 Å². The van der Waals surface area contributed by atoms with Gasteiger partial charge in [0.05, 0.1) is 0 Å². The Morgan fingerprint density at radius 1 is 1.11 bits per heavy atom. The summed E-state index contributed by atoms with van der Waals surface area (Å²) in [4.78, 5) is 26.7. The first-order valence-corrected chi connectivity index (χ1v) is 9.74. The lowest BCUT2D eigenvalue weighted by atomic mass is 9.99. The molecule has 0 saturated heterocycles. The molecule has 7 nitrogen and oxygen atoms in total. The third-order valence-electron chi connectivity index (χ3n) is 5.19. The Kier molecular flexibility index (Phi) is 6.49. The van der Waals surface area contributed by atoms with Gasteiger partial charge in [-0.15, -0.1) is 0 Å². The number of urea groups is 1. The number of hydrazine groups is 1. The molecule has 1 aromatic carbocycles. The van der Waals surface area contributed by atoms with Crippen molar-refractivity contribution < 1.29 is 4.79 Å². The SMILES string of the molecule is CN(C)Cc1ccc(=O)[nH]c1.NNC(=O)Nc1c2c(cc3c1CCC3)CCC2. The summed E-state index contributed by atoms with van der Waals surface area (Å²) in [6, 6.07) is 5.40. The van der Waals surface area contributed by atoms with Gasteiger partial charge in [-0.25, -0.2) is 10.6 Å². The van der Waals surface area contributed by atoms with Gasteiger partial charge in [0.15, 0.2) is 0 Å². The van der Waals surface area contributed by atoms with Gasteiger partial charge in [-0.1, -0.05) is 12.1 Å². The van der Waals surface area contributed by atoms with Crippen LogP contribution < -0.4 is 22.1 Å². The lowest BCUT2D eigenvalue weighted by molar-refractivity contribution is 0.252. The topological polar surface area (TPSA) is 103 Å². The van der Waals surface area contributed by atoms with Gasteiger partial charge in [-0.2, -0.15) is 0 Å². The molecule has 4 rings (SSSR count). The second-order valence-corrected chi connectivity index (χ2v) is 7.63. The molecule has 7 heteroatoms. The van der Waals surface area contributed by atoms with Crippen LogP contribution in [0.2, 0.25) is 0 Å². The van der Waals surface area contributed by atoms with Gasteiger partial charge >= 0.3 is 6.03 Å². The van der Waals surface area contributed by atoms with E-state index in [0.717, 1.165) is 43.5 Å². The van der Waals surface area contributed by atoms with Crippen molar-refractivity contribution in [2.24, 2.45) is 5.84 Å². The molecule has 0 spiro atoms. The van der Waals surface area contributed by atoms with Gasteiger partial charge in [0.2, 0.25) is 5.56 Å². The first-order chi connectivity index (χ1) is 13.5. The summed E-state index contributed by atoms with van der Waals surface area (Å²) in [7, 11) is 3.98. The van der Waals surface area contributed by atoms with Crippen LogP contribution in [0.5, 0.6) is 0 Å². The molecule has 2 aliphatic rings. The van der Waals surface area contributed by atoms with Crippen LogP contribution in [0.1, 0.15) is 40.7 Å². The molecule has 5 N–H and O–H groups in total. The van der Waals surface area contributed by atoms with E-state index in [4.69, 9.17) is 5.84 Å². The van der Waals surface area contributed by atoms with Crippen LogP contribution in [-0.4, -0.2) is 30.0 Å². The number of nitrogens with two attached hydrogens (primary N) is 1. The average molecular weight is 383 g/mol. The Morgan fingerprint density at radius 2 is 1.75 bits per heavy atom. The Hall–Kier alpha value is -2.64. The lowest BCUT2D eigenvalue weighted by Crippen LogP contribution is -2.35. The van der Waals surface area contributed by atoms with E-state index >= 15 is 0 Å². The molecular formula is C21H29N5O2. The van der Waals surface area contributed by atoms with E-state index in [-0.39, 0.29) is 11.6 Å². The number of H-pyrrole nitrogens is 1. The summed E-state index contributed by atoms with van der Waals surface area (Å²) in [6.07, 6.45) is 8.55. The normalized spacial score (nSPS) is 14.1. The van der Waals surface area contributed by atoms with E-state index in [2.05, 4.69) is 21.8 Å². The maximum absolute atomic E-state index is 11.4. The van der Waals surface area contributed by atoms with Gasteiger partial charge in [-0.05, 0) is 80.4 Å². The zero-order valence-electron chi connectivity index (χ0n) is 16.6. The number of rotatable bonds is 3. The van der Waals surface area contributed by atoms with Crippen LogP contribution in [0.25, 0.3) is 0 Å². The minimum absolute atomic E-state index is 0.0486. The average Bonchev–Trinajstić information content (AvgIpc) is 3.32. The molecule has 1 heterocycles. The number of nitrogens with zero attached hydrogens (tertiary/aromatic N) is 1. The molecule has 2 aliphatic carbocycles. The van der Waals surface area contributed by atoms with Gasteiger partial charge in [0.1, 0.15) is 0 Å². The smallest absolute Gasteiger partial charge is 0.329 e. The van der Waals surface area contributed by atoms with Crippen LogP contribution in [-0.2, 0) is 32.2 Å². The fourth-order valence-electron chi connectivity index (χ4n) is 4.02. The molecule has 0 bridgehead atoms. The van der Waals surface area contributed by atoms with E-state index < -0.39 is 0 Å². The van der Waals surface area contributed by atoms with Crippen LogP contribution in [0.3, 0.4) is 0 Å². The van der Waals surface area contributed by atoms with E-state index in [1.165, 1.54) is 35.1 Å². The summed E-state index contributed by atoms with van der Waals surface area (Å²) in [5.74, 6) is 5.15. The number of aromatic nitrogens is 1. The predicted molar refractivity (Wildman–Crippen MR) is 111 cm³/mol. The standard InChI is InChI=1S/C13H17N3O.C8H12N2O/c14-16-13(17)15-12-10-5-1-3-8(10)7-9-4-2-6-11(9)12;1-10(2)6-7-3-4-8(11)9-5-7/h7H,1-6,14H2,(H2,15,16,17);3-5H,6H2,1-2H3,(H,9,11). The maximum Gasteiger partial charge on any atom is 0.333 e. The van der Waals surface area contributed by atoms with Crippen LogP contribution >= 0.6 is 0 Å². The number of aryl methyl sites for hydroxylation is 2. The monoisotopic (exact) mass is 383 g/mol. The Morgan fingerprint density at radius 3 is 2.25 bits per heavy atom. The van der Waals surface area contributed by atoms with E-state index in [0.29, 0.717) is 0 Å². The number of nitrogens with one attached hydrogen (secondary N) is 3. The largest absolute Gasteiger partial charge is 0.333 e. The number of anilines is 1. The molecule has 0 atom stereocenters.